The first-order chi connectivity index (χ1) is 13.6. The quantitative estimate of drug-likeness (QED) is 0.421. The maximum Gasteiger partial charge on any atom is 0.214 e. The van der Waals surface area contributed by atoms with E-state index in [2.05, 4.69) is 0 Å². The molecular formula is C23H18ClNO3. The second-order valence-electron chi connectivity index (χ2n) is 6.30. The molecule has 4 rings (SSSR count). The van der Waals surface area contributed by atoms with Gasteiger partial charge in [-0.3, -0.25) is 4.79 Å². The predicted molar refractivity (Wildman–Crippen MR) is 111 cm³/mol. The van der Waals surface area contributed by atoms with Crippen molar-refractivity contribution < 1.29 is 14.3 Å². The normalized spacial score (nSPS) is 10.8. The van der Waals surface area contributed by atoms with Gasteiger partial charge in [0.05, 0.1) is 19.8 Å². The highest BCUT2D eigenvalue weighted by Crippen LogP contribution is 2.33. The zero-order chi connectivity index (χ0) is 19.7. The average molecular weight is 392 g/mol. The standard InChI is InChI=1S/C23H18ClNO3/c1-27-18-10-11-19(21(14-18)28-2)23(26)22-20(15-6-8-16(24)9-7-15)13-17-5-3-4-12-25(17)22/h3-14H,1-2H3. The van der Waals surface area contributed by atoms with E-state index in [0.29, 0.717) is 27.8 Å². The Kier molecular flexibility index (Phi) is 4.80. The molecule has 4 nitrogen and oxygen atoms in total. The van der Waals surface area contributed by atoms with Crippen LogP contribution in [0.15, 0.2) is 72.9 Å². The van der Waals surface area contributed by atoms with E-state index in [1.54, 1.807) is 32.4 Å². The van der Waals surface area contributed by atoms with Crippen LogP contribution in [0.5, 0.6) is 11.5 Å². The number of rotatable bonds is 5. The van der Waals surface area contributed by atoms with E-state index in [1.807, 2.05) is 59.1 Å². The molecule has 0 radical (unpaired) electrons. The van der Waals surface area contributed by atoms with Crippen LogP contribution in [-0.4, -0.2) is 24.4 Å². The molecule has 2 aromatic carbocycles. The van der Waals surface area contributed by atoms with E-state index in [9.17, 15) is 4.79 Å². The Morgan fingerprint density at radius 1 is 0.929 bits per heavy atom. The van der Waals surface area contributed by atoms with Crippen molar-refractivity contribution >= 4 is 22.9 Å². The molecule has 4 aromatic rings. The molecule has 0 N–H and O–H groups in total. The summed E-state index contributed by atoms with van der Waals surface area (Å²) < 4.78 is 12.6. The van der Waals surface area contributed by atoms with Gasteiger partial charge in [0.25, 0.3) is 0 Å². The van der Waals surface area contributed by atoms with Crippen molar-refractivity contribution in [2.75, 3.05) is 14.2 Å². The van der Waals surface area contributed by atoms with Crippen molar-refractivity contribution in [3.63, 3.8) is 0 Å². The number of pyridine rings is 1. The third-order valence-corrected chi connectivity index (χ3v) is 4.96. The van der Waals surface area contributed by atoms with Gasteiger partial charge in [-0.25, -0.2) is 0 Å². The van der Waals surface area contributed by atoms with Crippen LogP contribution in [0.2, 0.25) is 5.02 Å². The Morgan fingerprint density at radius 2 is 1.71 bits per heavy atom. The Labute approximate surface area is 167 Å². The average Bonchev–Trinajstić information content (AvgIpc) is 3.12. The number of fused-ring (bicyclic) bond motifs is 1. The molecule has 2 aromatic heterocycles. The molecule has 0 saturated heterocycles. The van der Waals surface area contributed by atoms with Gasteiger partial charge in [-0.2, -0.15) is 0 Å². The maximum atomic E-state index is 13.6. The molecule has 0 saturated carbocycles. The molecule has 2 heterocycles. The van der Waals surface area contributed by atoms with Gasteiger partial charge in [-0.1, -0.05) is 29.8 Å². The van der Waals surface area contributed by atoms with Gasteiger partial charge in [0, 0.05) is 28.4 Å². The van der Waals surface area contributed by atoms with E-state index in [1.165, 1.54) is 0 Å². The topological polar surface area (TPSA) is 39.9 Å². The third-order valence-electron chi connectivity index (χ3n) is 4.70. The molecule has 140 valence electrons. The molecular weight excluding hydrogens is 374 g/mol. The molecule has 28 heavy (non-hydrogen) atoms. The second-order valence-corrected chi connectivity index (χ2v) is 6.74. The van der Waals surface area contributed by atoms with E-state index < -0.39 is 0 Å². The molecule has 0 spiro atoms. The summed E-state index contributed by atoms with van der Waals surface area (Å²) in [6.45, 7) is 0. The monoisotopic (exact) mass is 391 g/mol. The van der Waals surface area contributed by atoms with Gasteiger partial charge >= 0.3 is 0 Å². The van der Waals surface area contributed by atoms with Crippen LogP contribution < -0.4 is 9.47 Å². The van der Waals surface area contributed by atoms with Gasteiger partial charge in [0.15, 0.2) is 0 Å². The van der Waals surface area contributed by atoms with E-state index in [-0.39, 0.29) is 5.78 Å². The van der Waals surface area contributed by atoms with Crippen LogP contribution in [-0.2, 0) is 0 Å². The zero-order valence-electron chi connectivity index (χ0n) is 15.5. The number of hydrogen-bond acceptors (Lipinski definition) is 3. The molecule has 0 aliphatic carbocycles. The van der Waals surface area contributed by atoms with E-state index in [4.69, 9.17) is 21.1 Å². The van der Waals surface area contributed by atoms with Crippen LogP contribution in [0.1, 0.15) is 16.1 Å². The fourth-order valence-corrected chi connectivity index (χ4v) is 3.44. The van der Waals surface area contributed by atoms with Crippen LogP contribution in [0, 0.1) is 0 Å². The first-order valence-electron chi connectivity index (χ1n) is 8.75. The minimum absolute atomic E-state index is 0.129. The van der Waals surface area contributed by atoms with Gasteiger partial charge in [-0.05, 0) is 48.0 Å². The lowest BCUT2D eigenvalue weighted by Gasteiger charge is -2.11. The number of aromatic nitrogens is 1. The molecule has 5 heteroatoms. The highest BCUT2D eigenvalue weighted by Gasteiger charge is 2.23. The first-order valence-corrected chi connectivity index (χ1v) is 9.13. The molecule has 0 fully saturated rings. The number of halogens is 1. The van der Waals surface area contributed by atoms with Gasteiger partial charge < -0.3 is 13.9 Å². The molecule has 0 aliphatic rings. The summed E-state index contributed by atoms with van der Waals surface area (Å²) in [6, 6.07) is 20.5. The second kappa shape index (κ2) is 7.41. The Balaban J connectivity index is 1.94. The molecule has 0 unspecified atom stereocenters. The summed E-state index contributed by atoms with van der Waals surface area (Å²) in [4.78, 5) is 13.6. The number of hydrogen-bond donors (Lipinski definition) is 0. The number of benzene rings is 2. The van der Waals surface area contributed by atoms with Crippen LogP contribution >= 0.6 is 11.6 Å². The summed E-state index contributed by atoms with van der Waals surface area (Å²) >= 11 is 6.04. The Hall–Kier alpha value is -3.24. The number of nitrogens with zero attached hydrogens (tertiary/aromatic N) is 1. The lowest BCUT2D eigenvalue weighted by Crippen LogP contribution is -2.08. The first kappa shape index (κ1) is 18.1. The summed E-state index contributed by atoms with van der Waals surface area (Å²) in [5.41, 5.74) is 3.74. The van der Waals surface area contributed by atoms with Crippen LogP contribution in [0.3, 0.4) is 0 Å². The molecule has 0 amide bonds. The van der Waals surface area contributed by atoms with Crippen molar-refractivity contribution in [1.82, 2.24) is 4.40 Å². The Morgan fingerprint density at radius 3 is 2.43 bits per heavy atom. The number of ketones is 1. The van der Waals surface area contributed by atoms with Gasteiger partial charge in [0.2, 0.25) is 5.78 Å². The minimum Gasteiger partial charge on any atom is -0.497 e. The van der Waals surface area contributed by atoms with Crippen LogP contribution in [0.25, 0.3) is 16.6 Å². The summed E-state index contributed by atoms with van der Waals surface area (Å²) in [5.74, 6) is 0.972. The highest BCUT2D eigenvalue weighted by molar-refractivity contribution is 6.30. The van der Waals surface area contributed by atoms with Crippen molar-refractivity contribution in [2.45, 2.75) is 0 Å². The summed E-state index contributed by atoms with van der Waals surface area (Å²) in [6.07, 6.45) is 1.89. The van der Waals surface area contributed by atoms with Crippen molar-refractivity contribution in [1.29, 1.82) is 0 Å². The SMILES string of the molecule is COc1ccc(C(=O)c2c(-c3ccc(Cl)cc3)cc3ccccn23)c(OC)c1. The largest absolute Gasteiger partial charge is 0.497 e. The van der Waals surface area contributed by atoms with Crippen molar-refractivity contribution in [3.05, 3.63) is 89.2 Å². The van der Waals surface area contributed by atoms with Crippen molar-refractivity contribution in [3.8, 4) is 22.6 Å². The van der Waals surface area contributed by atoms with Gasteiger partial charge in [0.1, 0.15) is 17.2 Å². The number of methoxy groups -OCH3 is 2. The molecule has 0 atom stereocenters. The lowest BCUT2D eigenvalue weighted by atomic mass is 9.99. The fraction of sp³-hybridized carbons (Fsp3) is 0.0870. The predicted octanol–water partition coefficient (Wildman–Crippen LogP) is 5.51. The summed E-state index contributed by atoms with van der Waals surface area (Å²) in [5, 5.41) is 0.650. The minimum atomic E-state index is -0.129. The lowest BCUT2D eigenvalue weighted by molar-refractivity contribution is 0.103. The summed E-state index contributed by atoms with van der Waals surface area (Å²) in [7, 11) is 3.12. The molecule has 0 bridgehead atoms. The van der Waals surface area contributed by atoms with Gasteiger partial charge in [-0.15, -0.1) is 0 Å². The fourth-order valence-electron chi connectivity index (χ4n) is 3.32. The smallest absolute Gasteiger partial charge is 0.214 e. The van der Waals surface area contributed by atoms with Crippen LogP contribution in [0.4, 0.5) is 0 Å². The third kappa shape index (κ3) is 3.12. The Bertz CT molecular complexity index is 1160. The number of ether oxygens (including phenoxy) is 2. The molecule has 0 aliphatic heterocycles. The number of carbonyl (C=O) groups is 1. The zero-order valence-corrected chi connectivity index (χ0v) is 16.2. The van der Waals surface area contributed by atoms with Crippen molar-refractivity contribution in [2.24, 2.45) is 0 Å². The number of carbonyl (C=O) groups excluding carboxylic acids is 1. The maximum absolute atomic E-state index is 13.6. The van der Waals surface area contributed by atoms with E-state index in [0.717, 1.165) is 16.6 Å². The van der Waals surface area contributed by atoms with E-state index >= 15 is 0 Å². The highest BCUT2D eigenvalue weighted by atomic mass is 35.5.